The molecule has 0 bridgehead atoms. The molecule has 18 heavy (non-hydrogen) atoms. The molecule has 0 aliphatic heterocycles. The zero-order chi connectivity index (χ0) is 12.0. The monoisotopic (exact) mass is 289 g/mol. The van der Waals surface area contributed by atoms with Gasteiger partial charge in [0.2, 0.25) is 0 Å². The number of imidazole rings is 1. The first-order valence-electron chi connectivity index (χ1n) is 5.49. The third-order valence-electron chi connectivity index (χ3n) is 3.17. The molecule has 0 amide bonds. The molecule has 1 aliphatic rings. The van der Waals surface area contributed by atoms with E-state index in [4.69, 9.17) is 17.4 Å². The van der Waals surface area contributed by atoms with Crippen LogP contribution in [-0.2, 0) is 0 Å². The molecule has 2 aromatic heterocycles. The summed E-state index contributed by atoms with van der Waals surface area (Å²) in [6, 6.07) is 0. The first-order valence-corrected chi connectivity index (χ1v) is 5.86. The zero-order valence-corrected chi connectivity index (χ0v) is 11.0. The van der Waals surface area contributed by atoms with Gasteiger partial charge in [-0.3, -0.25) is 0 Å². The molecule has 2 heterocycles. The van der Waals surface area contributed by atoms with Crippen molar-refractivity contribution in [3.8, 4) is 0 Å². The maximum Gasteiger partial charge on any atom is 0.184 e. The van der Waals surface area contributed by atoms with E-state index < -0.39 is 0 Å². The van der Waals surface area contributed by atoms with Gasteiger partial charge in [-0.05, 0) is 19.3 Å². The molecule has 0 saturated heterocycles. The van der Waals surface area contributed by atoms with Crippen molar-refractivity contribution in [1.29, 1.82) is 0 Å². The molecule has 8 heteroatoms. The van der Waals surface area contributed by atoms with E-state index in [-0.39, 0.29) is 24.4 Å². The molecule has 3 rings (SSSR count). The lowest BCUT2D eigenvalue weighted by atomic mass is 10.1. The molecule has 1 aliphatic carbocycles. The van der Waals surface area contributed by atoms with Gasteiger partial charge in [0.15, 0.2) is 10.8 Å². The van der Waals surface area contributed by atoms with Crippen LogP contribution in [0.5, 0.6) is 0 Å². The van der Waals surface area contributed by atoms with E-state index in [0.29, 0.717) is 28.6 Å². The quantitative estimate of drug-likeness (QED) is 0.609. The highest BCUT2D eigenvalue weighted by molar-refractivity contribution is 6.33. The first kappa shape index (κ1) is 13.3. The number of hydrogen-bond acceptors (Lipinski definition) is 5. The van der Waals surface area contributed by atoms with Crippen molar-refractivity contribution in [3.05, 3.63) is 17.3 Å². The number of nitrogens with zero attached hydrogens (tertiary/aromatic N) is 4. The minimum Gasteiger partial charge on any atom is -0.393 e. The highest BCUT2D eigenvalue weighted by Crippen LogP contribution is 2.33. The topological polar surface area (TPSA) is 89.9 Å². The summed E-state index contributed by atoms with van der Waals surface area (Å²) in [6.07, 6.45) is 3.55. The average molecular weight is 290 g/mol. The molecule has 0 radical (unpaired) electrons. The number of aromatic nitrogens is 4. The second-order valence-corrected chi connectivity index (χ2v) is 4.72. The van der Waals surface area contributed by atoms with Crippen molar-refractivity contribution in [2.24, 2.45) is 0 Å². The van der Waals surface area contributed by atoms with Crippen LogP contribution in [0, 0.1) is 0 Å². The number of fused-ring (bicyclic) bond motifs is 1. The largest absolute Gasteiger partial charge is 0.393 e. The van der Waals surface area contributed by atoms with Crippen LogP contribution < -0.4 is 5.84 Å². The molecular weight excluding hydrogens is 277 g/mol. The molecule has 1 saturated carbocycles. The number of nitrogens with two attached hydrogens (primary N) is 1. The number of aliphatic hydroxyl groups is 1. The van der Waals surface area contributed by atoms with Crippen LogP contribution >= 0.6 is 24.0 Å². The van der Waals surface area contributed by atoms with Crippen molar-refractivity contribution in [1.82, 2.24) is 19.6 Å². The molecule has 1 fully saturated rings. The number of nitrogen functional groups attached to an aromatic ring is 1. The van der Waals surface area contributed by atoms with E-state index in [9.17, 15) is 5.11 Å². The fraction of sp³-hybridized carbons (Fsp3) is 0.500. The lowest BCUT2D eigenvalue weighted by Crippen LogP contribution is -2.08. The Morgan fingerprint density at radius 1 is 1.39 bits per heavy atom. The Kier molecular flexibility index (Phi) is 3.61. The SMILES string of the molecule is Cl.Nn1cnc2nc(C3CCC(O)C3)nc(Cl)c21. The molecule has 2 unspecified atom stereocenters. The van der Waals surface area contributed by atoms with Crippen molar-refractivity contribution in [3.63, 3.8) is 0 Å². The van der Waals surface area contributed by atoms with E-state index in [1.54, 1.807) is 0 Å². The fourth-order valence-corrected chi connectivity index (χ4v) is 2.56. The van der Waals surface area contributed by atoms with Crippen LogP contribution in [0.25, 0.3) is 11.2 Å². The minimum atomic E-state index is -0.259. The third-order valence-corrected chi connectivity index (χ3v) is 3.44. The number of aliphatic hydroxyl groups excluding tert-OH is 1. The van der Waals surface area contributed by atoms with Crippen LogP contribution in [0.2, 0.25) is 5.15 Å². The van der Waals surface area contributed by atoms with Crippen LogP contribution in [0.1, 0.15) is 31.0 Å². The Morgan fingerprint density at radius 2 is 2.17 bits per heavy atom. The lowest BCUT2D eigenvalue weighted by molar-refractivity contribution is 0.181. The summed E-state index contributed by atoms with van der Waals surface area (Å²) in [7, 11) is 0. The standard InChI is InChI=1S/C10H12ClN5O.ClH/c11-8-7-10(13-4-16(7)12)15-9(14-8)5-1-2-6(17)3-5;/h4-6,17H,1-3,12H2;1H. The van der Waals surface area contributed by atoms with Crippen LogP contribution in [-0.4, -0.2) is 30.8 Å². The Morgan fingerprint density at radius 3 is 2.83 bits per heavy atom. The van der Waals surface area contributed by atoms with E-state index in [1.807, 2.05) is 0 Å². The second kappa shape index (κ2) is 4.87. The molecule has 2 atom stereocenters. The normalized spacial score (nSPS) is 23.2. The molecule has 0 spiro atoms. The fourth-order valence-electron chi connectivity index (χ4n) is 2.29. The van der Waals surface area contributed by atoms with E-state index >= 15 is 0 Å². The lowest BCUT2D eigenvalue weighted by Gasteiger charge is -2.08. The van der Waals surface area contributed by atoms with Gasteiger partial charge in [-0.1, -0.05) is 11.6 Å². The molecule has 98 valence electrons. The van der Waals surface area contributed by atoms with Crippen molar-refractivity contribution >= 4 is 35.2 Å². The predicted molar refractivity (Wildman–Crippen MR) is 70.3 cm³/mol. The number of hydrogen-bond donors (Lipinski definition) is 2. The predicted octanol–water partition coefficient (Wildman–Crippen LogP) is 1.24. The van der Waals surface area contributed by atoms with E-state index in [2.05, 4.69) is 15.0 Å². The highest BCUT2D eigenvalue weighted by Gasteiger charge is 2.27. The maximum absolute atomic E-state index is 9.52. The molecule has 3 N–H and O–H groups in total. The van der Waals surface area contributed by atoms with E-state index in [0.717, 1.165) is 12.8 Å². The zero-order valence-electron chi connectivity index (χ0n) is 9.45. The van der Waals surface area contributed by atoms with Gasteiger partial charge in [0.1, 0.15) is 17.7 Å². The van der Waals surface area contributed by atoms with Crippen molar-refractivity contribution in [2.75, 3.05) is 5.84 Å². The van der Waals surface area contributed by atoms with Crippen molar-refractivity contribution < 1.29 is 5.11 Å². The number of rotatable bonds is 1. The minimum absolute atomic E-state index is 0. The maximum atomic E-state index is 9.52. The summed E-state index contributed by atoms with van der Waals surface area (Å²) in [6.45, 7) is 0. The molecule has 6 nitrogen and oxygen atoms in total. The van der Waals surface area contributed by atoms with Crippen molar-refractivity contribution in [2.45, 2.75) is 31.3 Å². The Hall–Kier alpha value is -1.11. The smallest absolute Gasteiger partial charge is 0.184 e. The van der Waals surface area contributed by atoms with Gasteiger partial charge in [0, 0.05) is 5.92 Å². The highest BCUT2D eigenvalue weighted by atomic mass is 35.5. The summed E-state index contributed by atoms with van der Waals surface area (Å²) in [5, 5.41) is 9.83. The summed E-state index contributed by atoms with van der Waals surface area (Å²) in [5.74, 6) is 6.46. The Labute approximate surface area is 115 Å². The van der Waals surface area contributed by atoms with Gasteiger partial charge < -0.3 is 10.9 Å². The molecular formula is C10H13Cl2N5O. The Balaban J connectivity index is 0.00000120. The summed E-state index contributed by atoms with van der Waals surface area (Å²) < 4.78 is 1.31. The van der Waals surface area contributed by atoms with Gasteiger partial charge in [-0.2, -0.15) is 0 Å². The average Bonchev–Trinajstić information content (AvgIpc) is 2.86. The van der Waals surface area contributed by atoms with Crippen LogP contribution in [0.3, 0.4) is 0 Å². The number of halogens is 2. The van der Waals surface area contributed by atoms with Gasteiger partial charge in [-0.15, -0.1) is 12.4 Å². The van der Waals surface area contributed by atoms with Crippen LogP contribution in [0.4, 0.5) is 0 Å². The molecule has 2 aromatic rings. The van der Waals surface area contributed by atoms with Gasteiger partial charge >= 0.3 is 0 Å². The molecule has 0 aromatic carbocycles. The van der Waals surface area contributed by atoms with Gasteiger partial charge in [0.25, 0.3) is 0 Å². The summed E-state index contributed by atoms with van der Waals surface area (Å²) in [5.41, 5.74) is 1.04. The summed E-state index contributed by atoms with van der Waals surface area (Å²) >= 11 is 6.07. The van der Waals surface area contributed by atoms with Crippen LogP contribution in [0.15, 0.2) is 6.33 Å². The van der Waals surface area contributed by atoms with E-state index in [1.165, 1.54) is 11.0 Å². The summed E-state index contributed by atoms with van der Waals surface area (Å²) in [4.78, 5) is 12.7. The second-order valence-electron chi connectivity index (χ2n) is 4.36. The first-order chi connectivity index (χ1) is 8.15. The third kappa shape index (κ3) is 2.11. The van der Waals surface area contributed by atoms with Gasteiger partial charge in [0.05, 0.1) is 6.10 Å². The van der Waals surface area contributed by atoms with Gasteiger partial charge in [-0.25, -0.2) is 19.6 Å². The Bertz CT molecular complexity index is 573.